The normalized spacial score (nSPS) is 11.0. The average Bonchev–Trinajstić information content (AvgIpc) is 2.73. The maximum atomic E-state index is 10.2. The van der Waals surface area contributed by atoms with Gasteiger partial charge in [-0.2, -0.15) is 9.68 Å². The molecule has 0 aliphatic heterocycles. The van der Waals surface area contributed by atoms with Crippen molar-refractivity contribution < 1.29 is 29.5 Å². The zero-order valence-electron chi connectivity index (χ0n) is 18.8. The van der Waals surface area contributed by atoms with Crippen molar-refractivity contribution in [3.05, 3.63) is 29.8 Å². The Morgan fingerprint density at radius 2 is 1.38 bits per heavy atom. The number of nitrogens with zero attached hydrogens (tertiary/aromatic N) is 1. The Balaban J connectivity index is 0.000000651. The van der Waals surface area contributed by atoms with Gasteiger partial charge in [0.25, 0.3) is 0 Å². The zero-order valence-corrected chi connectivity index (χ0v) is 18.8. The number of benzene rings is 1. The van der Waals surface area contributed by atoms with Crippen molar-refractivity contribution in [1.82, 2.24) is 0 Å². The summed E-state index contributed by atoms with van der Waals surface area (Å²) in [6.45, 7) is 6.20. The van der Waals surface area contributed by atoms with Gasteiger partial charge in [-0.3, -0.25) is 0 Å². The second kappa shape index (κ2) is 17.2. The van der Waals surface area contributed by atoms with Gasteiger partial charge in [-0.25, -0.2) is 0 Å². The number of carbonyl (C=O) groups is 1. The molecule has 0 heterocycles. The third-order valence-corrected chi connectivity index (χ3v) is 5.12. The van der Waals surface area contributed by atoms with Crippen LogP contribution in [0.4, 0.5) is 0 Å². The predicted octanol–water partition coefficient (Wildman–Crippen LogP) is 4.62. The minimum Gasteiger partial charge on any atom is -0.545 e. The largest absolute Gasteiger partial charge is 0.545 e. The van der Waals surface area contributed by atoms with E-state index in [0.29, 0.717) is 4.81 Å². The first-order valence-electron chi connectivity index (χ1n) is 10.9. The number of hydrogen-bond donors (Lipinski definition) is 1. The van der Waals surface area contributed by atoms with E-state index < -0.39 is 5.97 Å². The van der Waals surface area contributed by atoms with Gasteiger partial charge in [0.1, 0.15) is 18.8 Å². The van der Waals surface area contributed by atoms with Crippen LogP contribution < -0.4 is 5.11 Å². The number of carboxylic acids is 1. The van der Waals surface area contributed by atoms with E-state index in [1.807, 2.05) is 0 Å². The third kappa shape index (κ3) is 12.5. The van der Waals surface area contributed by atoms with Crippen LogP contribution in [0.15, 0.2) is 24.3 Å². The number of carbonyl (C=O) groups excluding carboxylic acids is 1. The molecule has 168 valence electrons. The second-order valence-corrected chi connectivity index (χ2v) is 7.21. The molecule has 1 aromatic rings. The summed E-state index contributed by atoms with van der Waals surface area (Å²) in [7, 11) is 3.45. The first kappa shape index (κ1) is 27.4. The van der Waals surface area contributed by atoms with Gasteiger partial charge in [-0.15, -0.1) is 0 Å². The topological polar surface area (TPSA) is 78.8 Å². The van der Waals surface area contributed by atoms with Gasteiger partial charge < -0.3 is 15.0 Å². The SMILES string of the molecule is CCCCCCCCCCCC[N+](CC)(OC)OC.O=C([O-])c1ccccc1O. The Morgan fingerprint density at radius 3 is 1.76 bits per heavy atom. The Labute approximate surface area is 176 Å². The number of para-hydroxylation sites is 1. The van der Waals surface area contributed by atoms with E-state index in [0.717, 1.165) is 13.1 Å². The molecular formula is C23H41NO5. The van der Waals surface area contributed by atoms with Gasteiger partial charge >= 0.3 is 0 Å². The maximum absolute atomic E-state index is 10.2. The number of carboxylic acid groups (broad SMARTS) is 1. The van der Waals surface area contributed by atoms with Gasteiger partial charge in [0.05, 0.1) is 20.2 Å². The number of aromatic hydroxyl groups is 1. The first-order valence-corrected chi connectivity index (χ1v) is 10.9. The van der Waals surface area contributed by atoms with Crippen LogP contribution >= 0.6 is 0 Å². The minimum absolute atomic E-state index is 0.178. The summed E-state index contributed by atoms with van der Waals surface area (Å²) in [6, 6.07) is 5.64. The Morgan fingerprint density at radius 1 is 0.897 bits per heavy atom. The molecule has 0 aliphatic rings. The molecule has 0 bridgehead atoms. The molecule has 0 saturated heterocycles. The highest BCUT2D eigenvalue weighted by Gasteiger charge is 2.25. The number of phenols is 1. The quantitative estimate of drug-likeness (QED) is 0.259. The van der Waals surface area contributed by atoms with Crippen LogP contribution in [0, 0.1) is 0 Å². The van der Waals surface area contributed by atoms with Crippen molar-refractivity contribution in [3.8, 4) is 5.75 Å². The lowest BCUT2D eigenvalue weighted by Gasteiger charge is -2.28. The number of hydroxylamine groups is 4. The molecule has 29 heavy (non-hydrogen) atoms. The fourth-order valence-electron chi connectivity index (χ4n) is 3.16. The van der Waals surface area contributed by atoms with Gasteiger partial charge in [0, 0.05) is 12.0 Å². The molecule has 0 saturated carbocycles. The third-order valence-electron chi connectivity index (χ3n) is 5.12. The Hall–Kier alpha value is -1.63. The van der Waals surface area contributed by atoms with Crippen LogP contribution in [0.5, 0.6) is 5.75 Å². The first-order chi connectivity index (χ1) is 14.0. The smallest absolute Gasteiger partial charge is 0.142 e. The van der Waals surface area contributed by atoms with Gasteiger partial charge in [-0.05, 0) is 30.3 Å². The maximum Gasteiger partial charge on any atom is 0.142 e. The van der Waals surface area contributed by atoms with Crippen LogP contribution in [0.3, 0.4) is 0 Å². The van der Waals surface area contributed by atoms with Crippen molar-refractivity contribution in [2.45, 2.75) is 78.1 Å². The summed E-state index contributed by atoms with van der Waals surface area (Å²) in [5.41, 5.74) is -0.178. The van der Waals surface area contributed by atoms with Crippen molar-refractivity contribution in [2.75, 3.05) is 27.3 Å². The van der Waals surface area contributed by atoms with Crippen LogP contribution in [0.2, 0.25) is 0 Å². The highest BCUT2D eigenvalue weighted by molar-refractivity contribution is 5.88. The van der Waals surface area contributed by atoms with Crippen molar-refractivity contribution in [2.24, 2.45) is 0 Å². The van der Waals surface area contributed by atoms with Crippen LogP contribution in [0.25, 0.3) is 0 Å². The molecule has 0 amide bonds. The van der Waals surface area contributed by atoms with E-state index in [1.165, 1.54) is 82.4 Å². The van der Waals surface area contributed by atoms with Gasteiger partial charge in [-0.1, -0.05) is 70.4 Å². The Kier molecular flexibility index (Phi) is 16.3. The standard InChI is InChI=1S/C16H36NO2.C7H6O3/c1-5-7-8-9-10-11-12-13-14-15-16-17(6-2,18-3)19-4;8-6-4-2-1-3-5(6)7(9)10/h5-16H2,1-4H3;1-4,8H,(H,9,10)/q+1;/p-1. The van der Waals surface area contributed by atoms with E-state index in [4.69, 9.17) is 14.8 Å². The second-order valence-electron chi connectivity index (χ2n) is 7.21. The highest BCUT2D eigenvalue weighted by atomic mass is 17.0. The molecule has 0 unspecified atom stereocenters. The molecule has 6 heteroatoms. The number of quaternary nitrogens is 1. The molecule has 0 radical (unpaired) electrons. The van der Waals surface area contributed by atoms with E-state index in [-0.39, 0.29) is 11.3 Å². The van der Waals surface area contributed by atoms with E-state index in [2.05, 4.69) is 13.8 Å². The lowest BCUT2D eigenvalue weighted by atomic mass is 10.1. The molecule has 0 fully saturated rings. The van der Waals surface area contributed by atoms with E-state index in [9.17, 15) is 9.90 Å². The fraction of sp³-hybridized carbons (Fsp3) is 0.696. The molecular weight excluding hydrogens is 370 g/mol. The average molecular weight is 412 g/mol. The molecule has 0 aliphatic carbocycles. The van der Waals surface area contributed by atoms with Gasteiger partial charge in [0.15, 0.2) is 0 Å². The molecule has 0 aromatic heterocycles. The number of hydrogen-bond acceptors (Lipinski definition) is 5. The van der Waals surface area contributed by atoms with Crippen LogP contribution in [-0.2, 0) is 9.68 Å². The predicted molar refractivity (Wildman–Crippen MR) is 114 cm³/mol. The minimum atomic E-state index is -1.36. The highest BCUT2D eigenvalue weighted by Crippen LogP contribution is 2.14. The van der Waals surface area contributed by atoms with E-state index in [1.54, 1.807) is 20.3 Å². The molecule has 1 rings (SSSR count). The van der Waals surface area contributed by atoms with Crippen molar-refractivity contribution in [3.63, 3.8) is 0 Å². The molecule has 1 N–H and O–H groups in total. The summed E-state index contributed by atoms with van der Waals surface area (Å²) in [5, 5.41) is 19.0. The van der Waals surface area contributed by atoms with Crippen LogP contribution in [0.1, 0.15) is 88.4 Å². The summed E-state index contributed by atoms with van der Waals surface area (Å²) in [6.07, 6.45) is 13.7. The molecule has 0 atom stereocenters. The van der Waals surface area contributed by atoms with Crippen LogP contribution in [-0.4, -0.2) is 43.2 Å². The number of rotatable bonds is 15. The number of aromatic carboxylic acids is 1. The Bertz CT molecular complexity index is 523. The molecule has 1 aromatic carbocycles. The summed E-state index contributed by atoms with van der Waals surface area (Å²) < 4.78 is 0. The lowest BCUT2D eigenvalue weighted by molar-refractivity contribution is -1.24. The number of unbranched alkanes of at least 4 members (excludes halogenated alkanes) is 9. The summed E-state index contributed by atoms with van der Waals surface area (Å²) >= 11 is 0. The zero-order chi connectivity index (χ0) is 22.0. The van der Waals surface area contributed by atoms with E-state index >= 15 is 0 Å². The van der Waals surface area contributed by atoms with Crippen molar-refractivity contribution in [1.29, 1.82) is 0 Å². The van der Waals surface area contributed by atoms with Gasteiger partial charge in [0.2, 0.25) is 0 Å². The molecule has 6 nitrogen and oxygen atoms in total. The lowest BCUT2D eigenvalue weighted by Crippen LogP contribution is -2.46. The monoisotopic (exact) mass is 411 g/mol. The molecule has 0 spiro atoms. The fourth-order valence-corrected chi connectivity index (χ4v) is 3.16. The summed E-state index contributed by atoms with van der Waals surface area (Å²) in [5.74, 6) is -1.62. The summed E-state index contributed by atoms with van der Waals surface area (Å²) in [4.78, 5) is 21.3. The van der Waals surface area contributed by atoms with Crippen molar-refractivity contribution >= 4 is 5.97 Å².